The molecule has 0 aliphatic rings. The Morgan fingerprint density at radius 3 is 2.40 bits per heavy atom. The number of hydrogen-bond donors (Lipinski definition) is 1. The molecule has 1 amide bonds. The smallest absolute Gasteiger partial charge is 0.407 e. The second kappa shape index (κ2) is 8.19. The van der Waals surface area contributed by atoms with E-state index in [0.717, 1.165) is 5.56 Å². The summed E-state index contributed by atoms with van der Waals surface area (Å²) in [6.45, 7) is 5.50. The Bertz CT molecular complexity index is 431. The molecule has 0 aromatic heterocycles. The molecule has 0 saturated carbocycles. The van der Waals surface area contributed by atoms with Crippen LogP contribution in [0.1, 0.15) is 32.8 Å². The van der Waals surface area contributed by atoms with Crippen LogP contribution in [0.25, 0.3) is 0 Å². The number of amides is 1. The average molecular weight is 279 g/mol. The molecule has 0 aliphatic heterocycles. The highest BCUT2D eigenvalue weighted by Crippen LogP contribution is 2.02. The molecule has 0 saturated heterocycles. The zero-order chi connectivity index (χ0) is 15.0. The van der Waals surface area contributed by atoms with Crippen LogP contribution in [0.15, 0.2) is 30.3 Å². The van der Waals surface area contributed by atoms with Gasteiger partial charge in [-0.15, -0.1) is 0 Å². The third kappa shape index (κ3) is 6.78. The number of benzene rings is 1. The van der Waals surface area contributed by atoms with E-state index >= 15 is 0 Å². The lowest BCUT2D eigenvalue weighted by Gasteiger charge is -2.14. The minimum Gasteiger partial charge on any atom is -0.463 e. The van der Waals surface area contributed by atoms with Crippen LogP contribution >= 0.6 is 0 Å². The van der Waals surface area contributed by atoms with Crippen LogP contribution in [0, 0.1) is 0 Å². The predicted octanol–water partition coefficient (Wildman–Crippen LogP) is 2.64. The van der Waals surface area contributed by atoms with Gasteiger partial charge in [0.1, 0.15) is 6.61 Å². The van der Waals surface area contributed by atoms with Gasteiger partial charge in [0.15, 0.2) is 0 Å². The van der Waals surface area contributed by atoms with E-state index in [4.69, 9.17) is 9.47 Å². The summed E-state index contributed by atoms with van der Waals surface area (Å²) in [5.41, 5.74) is 0.912. The number of carbonyl (C=O) groups excluding carboxylic acids is 2. The van der Waals surface area contributed by atoms with Crippen molar-refractivity contribution in [2.24, 2.45) is 0 Å². The lowest BCUT2D eigenvalue weighted by Crippen LogP contribution is -2.35. The topological polar surface area (TPSA) is 64.6 Å². The van der Waals surface area contributed by atoms with Crippen molar-refractivity contribution in [3.05, 3.63) is 35.9 Å². The van der Waals surface area contributed by atoms with Crippen LogP contribution in [0.3, 0.4) is 0 Å². The predicted molar refractivity (Wildman–Crippen MR) is 75.1 cm³/mol. The molecule has 0 heterocycles. The van der Waals surface area contributed by atoms with Crippen LogP contribution in [-0.2, 0) is 20.9 Å². The van der Waals surface area contributed by atoms with Gasteiger partial charge in [-0.3, -0.25) is 4.79 Å². The van der Waals surface area contributed by atoms with Crippen molar-refractivity contribution in [3.63, 3.8) is 0 Å². The first-order chi connectivity index (χ1) is 9.47. The van der Waals surface area contributed by atoms with Gasteiger partial charge < -0.3 is 14.8 Å². The maximum absolute atomic E-state index is 11.5. The van der Waals surface area contributed by atoms with E-state index in [1.807, 2.05) is 30.3 Å². The van der Waals surface area contributed by atoms with E-state index in [1.54, 1.807) is 20.8 Å². The van der Waals surface area contributed by atoms with Crippen LogP contribution in [0.2, 0.25) is 0 Å². The van der Waals surface area contributed by atoms with Gasteiger partial charge in [-0.25, -0.2) is 4.79 Å². The molecule has 1 unspecified atom stereocenters. The van der Waals surface area contributed by atoms with Gasteiger partial charge in [0.2, 0.25) is 0 Å². The van der Waals surface area contributed by atoms with Gasteiger partial charge in [-0.2, -0.15) is 0 Å². The molecule has 5 heteroatoms. The quantitative estimate of drug-likeness (QED) is 0.813. The van der Waals surface area contributed by atoms with Crippen molar-refractivity contribution in [1.82, 2.24) is 5.32 Å². The van der Waals surface area contributed by atoms with Crippen LogP contribution in [0.4, 0.5) is 4.79 Å². The van der Waals surface area contributed by atoms with Crippen LogP contribution < -0.4 is 5.32 Å². The van der Waals surface area contributed by atoms with E-state index in [-0.39, 0.29) is 31.1 Å². The number of esters is 1. The minimum atomic E-state index is -0.543. The number of alkyl carbamates (subject to hydrolysis) is 1. The second-order valence-electron chi connectivity index (χ2n) is 4.85. The van der Waals surface area contributed by atoms with Gasteiger partial charge in [-0.1, -0.05) is 30.3 Å². The maximum atomic E-state index is 11.5. The Kier molecular flexibility index (Phi) is 6.56. The summed E-state index contributed by atoms with van der Waals surface area (Å²) in [5.74, 6) is -0.337. The Balaban J connectivity index is 2.26. The molecule has 0 aliphatic carbocycles. The SMILES string of the molecule is CC(CC(=O)OC(C)C)NC(=O)OCc1ccccc1. The summed E-state index contributed by atoms with van der Waals surface area (Å²) < 4.78 is 10.1. The molecule has 0 radical (unpaired) electrons. The van der Waals surface area contributed by atoms with Crippen molar-refractivity contribution in [2.45, 2.75) is 45.9 Å². The summed E-state index contributed by atoms with van der Waals surface area (Å²) >= 11 is 0. The lowest BCUT2D eigenvalue weighted by atomic mass is 10.2. The first-order valence-corrected chi connectivity index (χ1v) is 6.64. The summed E-state index contributed by atoms with van der Waals surface area (Å²) in [6, 6.07) is 9.06. The molecular weight excluding hydrogens is 258 g/mol. The fourth-order valence-electron chi connectivity index (χ4n) is 1.58. The zero-order valence-electron chi connectivity index (χ0n) is 12.1. The molecular formula is C15H21NO4. The molecule has 20 heavy (non-hydrogen) atoms. The first kappa shape index (κ1) is 16.0. The summed E-state index contributed by atoms with van der Waals surface area (Å²) in [7, 11) is 0. The maximum Gasteiger partial charge on any atom is 0.407 e. The van der Waals surface area contributed by atoms with Crippen molar-refractivity contribution < 1.29 is 19.1 Å². The van der Waals surface area contributed by atoms with Crippen LogP contribution in [0.5, 0.6) is 0 Å². The molecule has 1 atom stereocenters. The third-order valence-corrected chi connectivity index (χ3v) is 2.42. The molecule has 5 nitrogen and oxygen atoms in total. The number of ether oxygens (including phenoxy) is 2. The van der Waals surface area contributed by atoms with Crippen molar-refractivity contribution >= 4 is 12.1 Å². The Labute approximate surface area is 119 Å². The Morgan fingerprint density at radius 1 is 1.15 bits per heavy atom. The molecule has 0 spiro atoms. The van der Waals surface area contributed by atoms with E-state index < -0.39 is 6.09 Å². The van der Waals surface area contributed by atoms with Gasteiger partial charge >= 0.3 is 12.1 Å². The van der Waals surface area contributed by atoms with E-state index in [9.17, 15) is 9.59 Å². The molecule has 0 bridgehead atoms. The average Bonchev–Trinajstić information content (AvgIpc) is 2.36. The lowest BCUT2D eigenvalue weighted by molar-refractivity contribution is -0.147. The monoisotopic (exact) mass is 279 g/mol. The fraction of sp³-hybridized carbons (Fsp3) is 0.467. The van der Waals surface area contributed by atoms with E-state index in [1.165, 1.54) is 0 Å². The van der Waals surface area contributed by atoms with Gasteiger partial charge in [0.05, 0.1) is 12.5 Å². The number of hydrogen-bond acceptors (Lipinski definition) is 4. The van der Waals surface area contributed by atoms with Crippen LogP contribution in [-0.4, -0.2) is 24.2 Å². The first-order valence-electron chi connectivity index (χ1n) is 6.64. The summed E-state index contributed by atoms with van der Waals surface area (Å²) in [4.78, 5) is 23.0. The van der Waals surface area contributed by atoms with E-state index in [0.29, 0.717) is 0 Å². The Morgan fingerprint density at radius 2 is 1.80 bits per heavy atom. The van der Waals surface area contributed by atoms with E-state index in [2.05, 4.69) is 5.32 Å². The highest BCUT2D eigenvalue weighted by atomic mass is 16.6. The number of carbonyl (C=O) groups is 2. The molecule has 110 valence electrons. The standard InChI is InChI=1S/C15H21NO4/c1-11(2)20-14(17)9-12(3)16-15(18)19-10-13-7-5-4-6-8-13/h4-8,11-12H,9-10H2,1-3H3,(H,16,18). The van der Waals surface area contributed by atoms with Gasteiger partial charge in [-0.05, 0) is 26.3 Å². The molecule has 1 aromatic carbocycles. The highest BCUT2D eigenvalue weighted by Gasteiger charge is 2.14. The normalized spacial score (nSPS) is 11.8. The third-order valence-electron chi connectivity index (χ3n) is 2.42. The Hall–Kier alpha value is -2.04. The van der Waals surface area contributed by atoms with Gasteiger partial charge in [0.25, 0.3) is 0 Å². The molecule has 1 rings (SSSR count). The molecule has 1 aromatic rings. The number of nitrogens with one attached hydrogen (secondary N) is 1. The molecule has 0 fully saturated rings. The summed E-state index contributed by atoms with van der Waals surface area (Å²) in [5, 5.41) is 2.59. The second-order valence-corrected chi connectivity index (χ2v) is 4.85. The number of rotatable bonds is 6. The van der Waals surface area contributed by atoms with Gasteiger partial charge in [0, 0.05) is 6.04 Å². The summed E-state index contributed by atoms with van der Waals surface area (Å²) in [6.07, 6.45) is -0.572. The fourth-order valence-corrected chi connectivity index (χ4v) is 1.58. The van der Waals surface area contributed by atoms with Crippen molar-refractivity contribution in [1.29, 1.82) is 0 Å². The zero-order valence-corrected chi connectivity index (χ0v) is 12.1. The highest BCUT2D eigenvalue weighted by molar-refractivity contribution is 5.72. The molecule has 1 N–H and O–H groups in total. The van der Waals surface area contributed by atoms with Crippen molar-refractivity contribution in [3.8, 4) is 0 Å². The largest absolute Gasteiger partial charge is 0.463 e. The van der Waals surface area contributed by atoms with Crippen molar-refractivity contribution in [2.75, 3.05) is 0 Å². The minimum absolute atomic E-state index is 0.124.